The maximum absolute atomic E-state index is 12.9. The summed E-state index contributed by atoms with van der Waals surface area (Å²) in [5.41, 5.74) is 8.56. The summed E-state index contributed by atoms with van der Waals surface area (Å²) in [6.07, 6.45) is 11.4. The summed E-state index contributed by atoms with van der Waals surface area (Å²) in [5, 5.41) is 0. The van der Waals surface area contributed by atoms with E-state index < -0.39 is 15.6 Å². The first kappa shape index (κ1) is 25.9. The van der Waals surface area contributed by atoms with Crippen LogP contribution < -0.4 is 5.73 Å². The minimum Gasteiger partial charge on any atom is -0.366 e. The van der Waals surface area contributed by atoms with E-state index in [2.05, 4.69) is 11.8 Å². The third kappa shape index (κ3) is 6.53. The lowest BCUT2D eigenvalue weighted by molar-refractivity contribution is -0.126. The number of rotatable bonds is 8. The Morgan fingerprint density at radius 1 is 1.09 bits per heavy atom. The SMILES string of the molecule is CC1CCC(=CN(CCN2C3CCC2CC(c2ccccc2C(N)=O)C3)C(=O)CS(C)(=O)=O)CC1. The highest BCUT2D eigenvalue weighted by atomic mass is 32.2. The number of hydrogen-bond donors (Lipinski definition) is 1. The fourth-order valence-electron chi connectivity index (χ4n) is 6.24. The molecule has 1 saturated carbocycles. The molecule has 1 aromatic carbocycles. The van der Waals surface area contributed by atoms with Crippen molar-refractivity contribution < 1.29 is 18.0 Å². The number of benzene rings is 1. The van der Waals surface area contributed by atoms with Crippen LogP contribution in [-0.2, 0) is 14.6 Å². The summed E-state index contributed by atoms with van der Waals surface area (Å²) < 4.78 is 23.7. The van der Waals surface area contributed by atoms with Crippen molar-refractivity contribution in [2.75, 3.05) is 25.1 Å². The summed E-state index contributed by atoms with van der Waals surface area (Å²) in [4.78, 5) is 29.1. The van der Waals surface area contributed by atoms with Crippen LogP contribution in [0.5, 0.6) is 0 Å². The molecule has 2 saturated heterocycles. The smallest absolute Gasteiger partial charge is 0.248 e. The highest BCUT2D eigenvalue weighted by Gasteiger charge is 2.41. The first-order valence-corrected chi connectivity index (χ1v) is 15.0. The Morgan fingerprint density at radius 2 is 1.71 bits per heavy atom. The number of carbonyl (C=O) groups is 2. The molecule has 3 aliphatic rings. The Labute approximate surface area is 209 Å². The summed E-state index contributed by atoms with van der Waals surface area (Å²) in [6.45, 7) is 3.49. The van der Waals surface area contributed by atoms with Gasteiger partial charge in [-0.15, -0.1) is 0 Å². The second kappa shape index (κ2) is 10.8. The fourth-order valence-corrected chi connectivity index (χ4v) is 6.86. The van der Waals surface area contributed by atoms with E-state index in [1.165, 1.54) is 5.57 Å². The molecule has 192 valence electrons. The molecule has 2 amide bonds. The predicted octanol–water partition coefficient (Wildman–Crippen LogP) is 3.46. The van der Waals surface area contributed by atoms with E-state index in [1.54, 1.807) is 4.90 Å². The van der Waals surface area contributed by atoms with Crippen LogP contribution >= 0.6 is 0 Å². The fraction of sp³-hybridized carbons (Fsp3) is 0.630. The molecule has 7 nitrogen and oxygen atoms in total. The number of primary amides is 1. The van der Waals surface area contributed by atoms with Crippen molar-refractivity contribution in [2.45, 2.75) is 76.3 Å². The van der Waals surface area contributed by atoms with E-state index in [9.17, 15) is 18.0 Å². The van der Waals surface area contributed by atoms with Crippen LogP contribution in [0.25, 0.3) is 0 Å². The van der Waals surface area contributed by atoms with Gasteiger partial charge >= 0.3 is 0 Å². The molecule has 0 aromatic heterocycles. The maximum Gasteiger partial charge on any atom is 0.248 e. The second-order valence-electron chi connectivity index (χ2n) is 10.9. The van der Waals surface area contributed by atoms with Crippen molar-refractivity contribution in [3.05, 3.63) is 47.2 Å². The topological polar surface area (TPSA) is 101 Å². The van der Waals surface area contributed by atoms with Gasteiger partial charge in [0, 0.05) is 43.2 Å². The number of hydrogen-bond acceptors (Lipinski definition) is 5. The Balaban J connectivity index is 1.44. The Hall–Kier alpha value is -2.19. The second-order valence-corrected chi connectivity index (χ2v) is 13.0. The van der Waals surface area contributed by atoms with Gasteiger partial charge in [0.25, 0.3) is 0 Å². The van der Waals surface area contributed by atoms with Crippen LogP contribution in [0.1, 0.15) is 80.1 Å². The van der Waals surface area contributed by atoms with Crippen LogP contribution in [0.3, 0.4) is 0 Å². The molecule has 8 heteroatoms. The van der Waals surface area contributed by atoms with Crippen LogP contribution in [0, 0.1) is 5.92 Å². The van der Waals surface area contributed by atoms with E-state index >= 15 is 0 Å². The van der Waals surface area contributed by atoms with Crippen molar-refractivity contribution in [2.24, 2.45) is 11.7 Å². The summed E-state index contributed by atoms with van der Waals surface area (Å²) in [7, 11) is -3.39. The molecule has 1 aliphatic carbocycles. The third-order valence-electron chi connectivity index (χ3n) is 8.11. The van der Waals surface area contributed by atoms with Gasteiger partial charge in [0.05, 0.1) is 0 Å². The lowest BCUT2D eigenvalue weighted by Crippen LogP contribution is -2.46. The van der Waals surface area contributed by atoms with Gasteiger partial charge in [-0.1, -0.05) is 30.7 Å². The number of fused-ring (bicyclic) bond motifs is 2. The zero-order chi connectivity index (χ0) is 25.2. The molecule has 2 aliphatic heterocycles. The number of nitrogens with zero attached hydrogens (tertiary/aromatic N) is 2. The molecule has 2 unspecified atom stereocenters. The maximum atomic E-state index is 12.9. The summed E-state index contributed by atoms with van der Waals surface area (Å²) in [6, 6.07) is 8.47. The van der Waals surface area contributed by atoms with Gasteiger partial charge < -0.3 is 10.6 Å². The van der Waals surface area contributed by atoms with E-state index in [0.29, 0.717) is 36.0 Å². The highest BCUT2D eigenvalue weighted by molar-refractivity contribution is 7.91. The quantitative estimate of drug-likeness (QED) is 0.588. The minimum absolute atomic E-state index is 0.307. The molecule has 4 rings (SSSR count). The van der Waals surface area contributed by atoms with E-state index in [1.807, 2.05) is 30.5 Å². The standard InChI is InChI=1S/C27H39N3O4S/c1-19-7-9-20(10-8-19)17-29(26(31)18-35(2,33)34)13-14-30-22-11-12-23(30)16-21(15-22)24-5-3-4-6-25(24)27(28)32/h3-6,17,19,21-23H,7-16,18H2,1-2H3,(H2,28,32). The molecule has 2 atom stereocenters. The van der Waals surface area contributed by atoms with E-state index in [0.717, 1.165) is 69.7 Å². The van der Waals surface area contributed by atoms with Crippen LogP contribution in [-0.4, -0.2) is 67.2 Å². The number of sulfone groups is 1. The van der Waals surface area contributed by atoms with E-state index in [4.69, 9.17) is 5.73 Å². The number of allylic oxidation sites excluding steroid dienone is 1. The average Bonchev–Trinajstić information content (AvgIpc) is 3.03. The van der Waals surface area contributed by atoms with Crippen LogP contribution in [0.15, 0.2) is 36.0 Å². The number of piperidine rings is 1. The Morgan fingerprint density at radius 3 is 2.31 bits per heavy atom. The van der Waals surface area contributed by atoms with E-state index in [-0.39, 0.29) is 11.8 Å². The van der Waals surface area contributed by atoms with Gasteiger partial charge in [0.15, 0.2) is 9.84 Å². The monoisotopic (exact) mass is 501 g/mol. The molecule has 2 bridgehead atoms. The molecule has 35 heavy (non-hydrogen) atoms. The van der Waals surface area contributed by atoms with Gasteiger partial charge in [-0.25, -0.2) is 8.42 Å². The number of amides is 2. The van der Waals surface area contributed by atoms with Gasteiger partial charge in [0.2, 0.25) is 11.8 Å². The largest absolute Gasteiger partial charge is 0.366 e. The number of carbonyl (C=O) groups excluding carboxylic acids is 2. The van der Waals surface area contributed by atoms with Gasteiger partial charge in [-0.2, -0.15) is 0 Å². The van der Waals surface area contributed by atoms with Gasteiger partial charge in [-0.05, 0) is 74.8 Å². The van der Waals surface area contributed by atoms with Crippen molar-refractivity contribution in [1.29, 1.82) is 0 Å². The Kier molecular flexibility index (Phi) is 8.01. The van der Waals surface area contributed by atoms with Gasteiger partial charge in [0.1, 0.15) is 5.75 Å². The first-order valence-electron chi connectivity index (χ1n) is 12.9. The zero-order valence-electron chi connectivity index (χ0n) is 21.0. The Bertz CT molecular complexity index is 1060. The normalized spacial score (nSPS) is 27.0. The van der Waals surface area contributed by atoms with Crippen molar-refractivity contribution >= 4 is 21.7 Å². The number of nitrogens with two attached hydrogens (primary N) is 1. The molecular weight excluding hydrogens is 462 g/mol. The van der Waals surface area contributed by atoms with Crippen molar-refractivity contribution in [1.82, 2.24) is 9.80 Å². The third-order valence-corrected chi connectivity index (χ3v) is 8.88. The average molecular weight is 502 g/mol. The molecule has 0 radical (unpaired) electrons. The van der Waals surface area contributed by atoms with Crippen LogP contribution in [0.2, 0.25) is 0 Å². The predicted molar refractivity (Wildman–Crippen MR) is 138 cm³/mol. The summed E-state index contributed by atoms with van der Waals surface area (Å²) in [5.74, 6) is -0.158. The minimum atomic E-state index is -3.39. The van der Waals surface area contributed by atoms with Crippen molar-refractivity contribution in [3.63, 3.8) is 0 Å². The molecule has 2 heterocycles. The lowest BCUT2D eigenvalue weighted by atomic mass is 9.82. The molecule has 1 aromatic rings. The van der Waals surface area contributed by atoms with Crippen LogP contribution in [0.4, 0.5) is 0 Å². The lowest BCUT2D eigenvalue weighted by Gasteiger charge is -2.40. The molecule has 2 N–H and O–H groups in total. The first-order chi connectivity index (χ1) is 16.6. The highest BCUT2D eigenvalue weighted by Crippen LogP contribution is 2.43. The molecule has 0 spiro atoms. The molecular formula is C27H39N3O4S. The zero-order valence-corrected chi connectivity index (χ0v) is 21.8. The van der Waals surface area contributed by atoms with Crippen molar-refractivity contribution in [3.8, 4) is 0 Å². The van der Waals surface area contributed by atoms with Gasteiger partial charge in [-0.3, -0.25) is 14.5 Å². The summed E-state index contributed by atoms with van der Waals surface area (Å²) >= 11 is 0. The molecule has 3 fully saturated rings.